The number of rotatable bonds is 3. The number of nitrogens with zero attached hydrogens (tertiary/aromatic N) is 6. The zero-order valence-corrected chi connectivity index (χ0v) is 16.9. The molecule has 0 saturated carbocycles. The number of fused-ring (bicyclic) bond motifs is 1. The third-order valence-electron chi connectivity index (χ3n) is 5.36. The van der Waals surface area contributed by atoms with Gasteiger partial charge in [0.25, 0.3) is 5.91 Å². The van der Waals surface area contributed by atoms with Crippen LogP contribution in [-0.2, 0) is 23.0 Å². The highest BCUT2D eigenvalue weighted by atomic mass is 32.2. The number of amides is 1. The highest BCUT2D eigenvalue weighted by molar-refractivity contribution is 7.88. The number of aryl methyl sites for hydroxylation is 1. The molecule has 2 aliphatic heterocycles. The minimum absolute atomic E-state index is 0.174. The highest BCUT2D eigenvalue weighted by Crippen LogP contribution is 2.32. The van der Waals surface area contributed by atoms with Crippen molar-refractivity contribution < 1.29 is 17.6 Å². The lowest BCUT2D eigenvalue weighted by atomic mass is 10.0. The van der Waals surface area contributed by atoms with Gasteiger partial charge in [0, 0.05) is 39.5 Å². The molecule has 1 unspecified atom stereocenters. The van der Waals surface area contributed by atoms with Crippen molar-refractivity contribution in [2.75, 3.05) is 25.9 Å². The first kappa shape index (κ1) is 19.1. The number of carbonyl (C=O) groups excluding carboxylic acids is 1. The van der Waals surface area contributed by atoms with Crippen molar-refractivity contribution in [3.8, 4) is 0 Å². The van der Waals surface area contributed by atoms with Gasteiger partial charge >= 0.3 is 0 Å². The van der Waals surface area contributed by atoms with Gasteiger partial charge < -0.3 is 13.9 Å². The first-order valence-electron chi connectivity index (χ1n) is 9.45. The Hall–Kier alpha value is -2.27. The number of hydrogen-bond acceptors (Lipinski definition) is 7. The molecule has 11 heteroatoms. The second kappa shape index (κ2) is 7.28. The van der Waals surface area contributed by atoms with Gasteiger partial charge in [-0.05, 0) is 12.8 Å². The SMILES string of the molecule is Cc1nc(C(=O)N2CCc3nnc(C4CCCCN4S(C)(=O)=O)n3CC2)co1. The molecule has 1 amide bonds. The van der Waals surface area contributed by atoms with Crippen LogP contribution in [0.1, 0.15) is 53.3 Å². The lowest BCUT2D eigenvalue weighted by Crippen LogP contribution is -2.39. The molecule has 4 heterocycles. The molecule has 2 aliphatic rings. The first-order valence-corrected chi connectivity index (χ1v) is 11.3. The average Bonchev–Trinajstić information content (AvgIpc) is 3.21. The van der Waals surface area contributed by atoms with Gasteiger partial charge in [0.1, 0.15) is 12.1 Å². The standard InChI is InChI=1S/C17H24N6O4S/c1-12-18-13(11-27-12)17(24)21-8-6-15-19-20-16(22(15)10-9-21)14-5-3-4-7-23(14)28(2,25)26/h11,14H,3-10H2,1-2H3. The van der Waals surface area contributed by atoms with Crippen LogP contribution in [-0.4, -0.2) is 69.2 Å². The predicted octanol–water partition coefficient (Wildman–Crippen LogP) is 0.760. The summed E-state index contributed by atoms with van der Waals surface area (Å²) in [5, 5.41) is 8.63. The maximum atomic E-state index is 12.7. The van der Waals surface area contributed by atoms with Crippen molar-refractivity contribution in [3.63, 3.8) is 0 Å². The smallest absolute Gasteiger partial charge is 0.275 e. The summed E-state index contributed by atoms with van der Waals surface area (Å²) >= 11 is 0. The van der Waals surface area contributed by atoms with E-state index in [-0.39, 0.29) is 11.9 Å². The quantitative estimate of drug-likeness (QED) is 0.736. The largest absolute Gasteiger partial charge is 0.448 e. The molecule has 0 aromatic carbocycles. The van der Waals surface area contributed by atoms with Crippen molar-refractivity contribution >= 4 is 15.9 Å². The molecule has 0 bridgehead atoms. The Bertz CT molecular complexity index is 982. The maximum absolute atomic E-state index is 12.7. The molecule has 2 aromatic heterocycles. The van der Waals surface area contributed by atoms with E-state index in [2.05, 4.69) is 15.2 Å². The van der Waals surface area contributed by atoms with Crippen LogP contribution in [0.4, 0.5) is 0 Å². The topological polar surface area (TPSA) is 114 Å². The Morgan fingerprint density at radius 1 is 1.18 bits per heavy atom. The van der Waals surface area contributed by atoms with Crippen LogP contribution in [0.5, 0.6) is 0 Å². The van der Waals surface area contributed by atoms with Gasteiger partial charge in [-0.1, -0.05) is 6.42 Å². The van der Waals surface area contributed by atoms with E-state index in [1.54, 1.807) is 11.8 Å². The van der Waals surface area contributed by atoms with E-state index < -0.39 is 10.0 Å². The van der Waals surface area contributed by atoms with Crippen LogP contribution < -0.4 is 0 Å². The normalized spacial score (nSPS) is 21.4. The molecule has 1 fully saturated rings. The van der Waals surface area contributed by atoms with Gasteiger partial charge in [-0.3, -0.25) is 4.79 Å². The van der Waals surface area contributed by atoms with E-state index in [1.807, 2.05) is 4.57 Å². The van der Waals surface area contributed by atoms with E-state index in [1.165, 1.54) is 16.8 Å². The van der Waals surface area contributed by atoms with Crippen LogP contribution in [0.15, 0.2) is 10.7 Å². The predicted molar refractivity (Wildman–Crippen MR) is 99.0 cm³/mol. The van der Waals surface area contributed by atoms with Crippen molar-refractivity contribution in [2.24, 2.45) is 0 Å². The highest BCUT2D eigenvalue weighted by Gasteiger charge is 2.35. The molecule has 0 radical (unpaired) electrons. The zero-order valence-electron chi connectivity index (χ0n) is 16.0. The lowest BCUT2D eigenvalue weighted by molar-refractivity contribution is 0.0752. The molecule has 28 heavy (non-hydrogen) atoms. The molecule has 0 spiro atoms. The van der Waals surface area contributed by atoms with Gasteiger partial charge in [-0.25, -0.2) is 13.4 Å². The number of carbonyl (C=O) groups is 1. The molecule has 2 aromatic rings. The Labute approximate surface area is 163 Å². The first-order chi connectivity index (χ1) is 13.3. The van der Waals surface area contributed by atoms with Crippen molar-refractivity contribution in [2.45, 2.75) is 45.2 Å². The van der Waals surface area contributed by atoms with Crippen molar-refractivity contribution in [1.29, 1.82) is 0 Å². The third kappa shape index (κ3) is 3.55. The van der Waals surface area contributed by atoms with E-state index in [9.17, 15) is 13.2 Å². The molecule has 4 rings (SSSR count). The fourth-order valence-electron chi connectivity index (χ4n) is 3.98. The van der Waals surface area contributed by atoms with Gasteiger partial charge in [0.15, 0.2) is 17.4 Å². The Balaban J connectivity index is 1.56. The molecule has 1 saturated heterocycles. The van der Waals surface area contributed by atoms with E-state index in [0.717, 1.165) is 25.1 Å². The summed E-state index contributed by atoms with van der Waals surface area (Å²) in [4.78, 5) is 18.5. The van der Waals surface area contributed by atoms with Crippen molar-refractivity contribution in [1.82, 2.24) is 29.0 Å². The second-order valence-electron chi connectivity index (χ2n) is 7.31. The summed E-state index contributed by atoms with van der Waals surface area (Å²) in [6.07, 6.45) is 5.71. The molecule has 10 nitrogen and oxygen atoms in total. The maximum Gasteiger partial charge on any atom is 0.275 e. The molecule has 0 aliphatic carbocycles. The Kier molecular flexibility index (Phi) is 4.96. The zero-order chi connectivity index (χ0) is 19.9. The van der Waals surface area contributed by atoms with Gasteiger partial charge in [0.2, 0.25) is 10.0 Å². The Morgan fingerprint density at radius 2 is 2.00 bits per heavy atom. The van der Waals surface area contributed by atoms with Crippen molar-refractivity contribution in [3.05, 3.63) is 29.5 Å². The van der Waals surface area contributed by atoms with Crippen LogP contribution in [0.3, 0.4) is 0 Å². The average molecular weight is 408 g/mol. The lowest BCUT2D eigenvalue weighted by Gasteiger charge is -2.33. The van der Waals surface area contributed by atoms with E-state index in [0.29, 0.717) is 50.0 Å². The number of hydrogen-bond donors (Lipinski definition) is 0. The minimum atomic E-state index is -3.33. The molecule has 152 valence electrons. The number of aromatic nitrogens is 4. The van der Waals surface area contributed by atoms with Crippen LogP contribution in [0, 0.1) is 6.92 Å². The van der Waals surface area contributed by atoms with Gasteiger partial charge in [0.05, 0.1) is 12.3 Å². The van der Waals surface area contributed by atoms with E-state index >= 15 is 0 Å². The summed E-state index contributed by atoms with van der Waals surface area (Å²) < 4.78 is 33.1. The number of piperidine rings is 1. The number of oxazole rings is 1. The summed E-state index contributed by atoms with van der Waals surface area (Å²) in [6.45, 7) is 3.71. The monoisotopic (exact) mass is 408 g/mol. The fourth-order valence-corrected chi connectivity index (χ4v) is 5.10. The van der Waals surface area contributed by atoms with Crippen LogP contribution in [0.2, 0.25) is 0 Å². The third-order valence-corrected chi connectivity index (χ3v) is 6.65. The van der Waals surface area contributed by atoms with Crippen LogP contribution in [0.25, 0.3) is 0 Å². The molecule has 0 N–H and O–H groups in total. The second-order valence-corrected chi connectivity index (χ2v) is 9.24. The molecular formula is C17H24N6O4S. The summed E-state index contributed by atoms with van der Waals surface area (Å²) in [7, 11) is -3.33. The molecule has 1 atom stereocenters. The molecular weight excluding hydrogens is 384 g/mol. The summed E-state index contributed by atoms with van der Waals surface area (Å²) in [6, 6.07) is -0.301. The van der Waals surface area contributed by atoms with Gasteiger partial charge in [-0.15, -0.1) is 10.2 Å². The minimum Gasteiger partial charge on any atom is -0.448 e. The summed E-state index contributed by atoms with van der Waals surface area (Å²) in [5.74, 6) is 1.73. The fraction of sp³-hybridized carbons (Fsp3) is 0.647. The van der Waals surface area contributed by atoms with Gasteiger partial charge in [-0.2, -0.15) is 4.31 Å². The summed E-state index contributed by atoms with van der Waals surface area (Å²) in [5.41, 5.74) is 0.297. The number of sulfonamides is 1. The Morgan fingerprint density at radius 3 is 2.71 bits per heavy atom. The van der Waals surface area contributed by atoms with Crippen LogP contribution >= 0.6 is 0 Å². The van der Waals surface area contributed by atoms with E-state index in [4.69, 9.17) is 4.42 Å².